The van der Waals surface area contributed by atoms with Gasteiger partial charge < -0.3 is 20.0 Å². The number of para-hydroxylation sites is 2. The zero-order chi connectivity index (χ0) is 20.1. The molecule has 154 valence electrons. The van der Waals surface area contributed by atoms with E-state index in [9.17, 15) is 0 Å². The number of nitrogens with zero attached hydrogens (tertiary/aromatic N) is 2. The Kier molecular flexibility index (Phi) is 7.17. The Morgan fingerprint density at radius 1 is 0.966 bits per heavy atom. The minimum absolute atomic E-state index is 0.530. The summed E-state index contributed by atoms with van der Waals surface area (Å²) in [4.78, 5) is 0. The second-order valence-electron chi connectivity index (χ2n) is 7.37. The van der Waals surface area contributed by atoms with Crippen LogP contribution in [0.25, 0.3) is 0 Å². The summed E-state index contributed by atoms with van der Waals surface area (Å²) in [7, 11) is 1.33. The van der Waals surface area contributed by atoms with E-state index < -0.39 is 7.42 Å². The first-order valence-corrected chi connectivity index (χ1v) is 13.6. The van der Waals surface area contributed by atoms with E-state index >= 15 is 0 Å². The molecule has 2 atom stereocenters. The Hall–Kier alpha value is -1.49. The van der Waals surface area contributed by atoms with Gasteiger partial charge in [0.2, 0.25) is 0 Å². The largest absolute Gasteiger partial charge is 0.366 e. The van der Waals surface area contributed by atoms with Crippen LogP contribution in [0.2, 0.25) is 0 Å². The molecule has 0 unspecified atom stereocenters. The number of benzene rings is 2. The van der Waals surface area contributed by atoms with Crippen LogP contribution in [0.1, 0.15) is 25.7 Å². The summed E-state index contributed by atoms with van der Waals surface area (Å²) < 4.78 is 5.49. The van der Waals surface area contributed by atoms with Crippen molar-refractivity contribution < 1.29 is 0 Å². The van der Waals surface area contributed by atoms with Crippen LogP contribution >= 0.6 is 31.0 Å². The Bertz CT molecular complexity index is 736. The van der Waals surface area contributed by atoms with Gasteiger partial charge in [-0.25, -0.2) is 0 Å². The fourth-order valence-electron chi connectivity index (χ4n) is 4.27. The molecule has 2 aliphatic rings. The molecule has 4 rings (SSSR count). The maximum absolute atomic E-state index is 5.24. The summed E-state index contributed by atoms with van der Waals surface area (Å²) in [6, 6.07) is 23.2. The van der Waals surface area contributed by atoms with Gasteiger partial charge in [-0.05, 0) is 49.3 Å². The normalized spacial score (nSPS) is 21.7. The molecular weight excluding hydrogens is 415 g/mol. The van der Waals surface area contributed by atoms with E-state index in [2.05, 4.69) is 92.0 Å². The Balaban J connectivity index is 1.63. The van der Waals surface area contributed by atoms with Crippen LogP contribution in [0.4, 0.5) is 11.4 Å². The van der Waals surface area contributed by atoms with Crippen LogP contribution in [0, 0.1) is 0 Å². The molecule has 0 amide bonds. The predicted octanol–water partition coefficient (Wildman–Crippen LogP) is 5.38. The summed E-state index contributed by atoms with van der Waals surface area (Å²) in [5, 5.41) is 7.02. The van der Waals surface area contributed by atoms with Crippen molar-refractivity contribution in [2.24, 2.45) is 0 Å². The number of rotatable bonds is 6. The first-order chi connectivity index (χ1) is 14.3. The lowest BCUT2D eigenvalue weighted by molar-refractivity contribution is 0.409. The number of hydrogen-bond donors (Lipinski definition) is 2. The van der Waals surface area contributed by atoms with Crippen LogP contribution in [0.3, 0.4) is 0 Å². The molecular formula is C22H29N4PS2. The van der Waals surface area contributed by atoms with Gasteiger partial charge in [0, 0.05) is 30.7 Å². The first-order valence-electron chi connectivity index (χ1n) is 10.4. The third-order valence-corrected chi connectivity index (χ3v) is 10.6. The molecule has 0 spiro atoms. The van der Waals surface area contributed by atoms with Crippen LogP contribution in [0.5, 0.6) is 0 Å². The van der Waals surface area contributed by atoms with E-state index in [0.717, 1.165) is 17.4 Å². The number of fused-ring (bicyclic) bond motifs is 1. The van der Waals surface area contributed by atoms with Crippen molar-refractivity contribution in [1.82, 2.24) is 10.6 Å². The third kappa shape index (κ3) is 4.65. The fraction of sp³-hybridized carbons (Fsp3) is 0.409. The highest BCUT2D eigenvalue weighted by molar-refractivity contribution is 8.56. The number of thiocarbonyl (C=S) groups is 1. The van der Waals surface area contributed by atoms with Crippen molar-refractivity contribution in [2.75, 3.05) is 28.7 Å². The van der Waals surface area contributed by atoms with Crippen molar-refractivity contribution in [2.45, 2.75) is 37.8 Å². The smallest absolute Gasteiger partial charge is 0.166 e. The molecule has 29 heavy (non-hydrogen) atoms. The van der Waals surface area contributed by atoms with E-state index in [1.807, 2.05) is 7.05 Å². The van der Waals surface area contributed by atoms with Crippen molar-refractivity contribution in [3.8, 4) is 0 Å². The van der Waals surface area contributed by atoms with Gasteiger partial charge in [-0.3, -0.25) is 0 Å². The average Bonchev–Trinajstić information content (AvgIpc) is 3.11. The molecule has 2 aromatic carbocycles. The van der Waals surface area contributed by atoms with Crippen molar-refractivity contribution in [3.05, 3.63) is 60.7 Å². The number of anilines is 2. The van der Waals surface area contributed by atoms with Crippen LogP contribution < -0.4 is 20.0 Å². The highest BCUT2D eigenvalue weighted by Crippen LogP contribution is 2.67. The monoisotopic (exact) mass is 444 g/mol. The van der Waals surface area contributed by atoms with Crippen molar-refractivity contribution >= 4 is 47.5 Å². The highest BCUT2D eigenvalue weighted by Gasteiger charge is 2.48. The van der Waals surface area contributed by atoms with Crippen molar-refractivity contribution in [3.63, 3.8) is 0 Å². The Morgan fingerprint density at radius 3 is 1.97 bits per heavy atom. The molecule has 2 aromatic rings. The molecule has 4 nitrogen and oxygen atoms in total. The van der Waals surface area contributed by atoms with Gasteiger partial charge in [-0.15, -0.1) is 0 Å². The maximum Gasteiger partial charge on any atom is 0.166 e. The van der Waals surface area contributed by atoms with Gasteiger partial charge in [-0.1, -0.05) is 60.6 Å². The van der Waals surface area contributed by atoms with E-state index in [-0.39, 0.29) is 0 Å². The lowest BCUT2D eigenvalue weighted by Gasteiger charge is -2.33. The minimum Gasteiger partial charge on any atom is -0.366 e. The summed E-state index contributed by atoms with van der Waals surface area (Å²) in [6.07, 6.45) is 5.23. The standard InChI is InChI=1S/C22H29N4PS2/c1-23-22(28)24-16-17-29-27-25(18-10-4-2-5-11-18)20-14-8-9-15-21(20)26(27)19-12-6-3-7-13-19/h2-7,10-13,20-21H,8-9,14-17H2,1H3,(H2,23,24,28)/t20-,21-/m1/s1. The summed E-state index contributed by atoms with van der Waals surface area (Å²) in [5.41, 5.74) is 2.72. The van der Waals surface area contributed by atoms with Gasteiger partial charge in [0.05, 0.1) is 12.1 Å². The molecule has 2 N–H and O–H groups in total. The van der Waals surface area contributed by atoms with E-state index in [0.29, 0.717) is 12.1 Å². The lowest BCUT2D eigenvalue weighted by atomic mass is 9.90. The van der Waals surface area contributed by atoms with E-state index in [1.54, 1.807) is 0 Å². The van der Waals surface area contributed by atoms with Gasteiger partial charge in [0.15, 0.2) is 12.5 Å². The Morgan fingerprint density at radius 2 is 1.48 bits per heavy atom. The average molecular weight is 445 g/mol. The topological polar surface area (TPSA) is 30.5 Å². The van der Waals surface area contributed by atoms with E-state index in [1.165, 1.54) is 37.1 Å². The van der Waals surface area contributed by atoms with Crippen LogP contribution in [0.15, 0.2) is 60.7 Å². The summed E-state index contributed by atoms with van der Waals surface area (Å²) in [5.74, 6) is 1.03. The number of nitrogens with one attached hydrogen (secondary N) is 2. The molecule has 0 aromatic heterocycles. The molecule has 2 fully saturated rings. The second-order valence-corrected chi connectivity index (χ2v) is 11.6. The quantitative estimate of drug-likeness (QED) is 0.353. The predicted molar refractivity (Wildman–Crippen MR) is 133 cm³/mol. The highest BCUT2D eigenvalue weighted by atomic mass is 32.7. The summed E-state index contributed by atoms with van der Waals surface area (Å²) >= 11 is 7.31. The third-order valence-electron chi connectivity index (χ3n) is 5.55. The molecule has 1 heterocycles. The van der Waals surface area contributed by atoms with Crippen LogP contribution in [-0.4, -0.2) is 36.5 Å². The fourth-order valence-corrected chi connectivity index (χ4v) is 9.69. The zero-order valence-electron chi connectivity index (χ0n) is 16.8. The zero-order valence-corrected chi connectivity index (χ0v) is 19.4. The SMILES string of the molecule is CNC(=S)NCCSP1N(c2ccccc2)[C@@H]2CCCC[C@H]2N1c1ccccc1. The summed E-state index contributed by atoms with van der Waals surface area (Å²) in [6.45, 7) is 0.879. The number of hydrogen-bond acceptors (Lipinski definition) is 4. The van der Waals surface area contributed by atoms with Crippen molar-refractivity contribution in [1.29, 1.82) is 0 Å². The second kappa shape index (κ2) is 10.0. The molecule has 1 aliphatic heterocycles. The van der Waals surface area contributed by atoms with Gasteiger partial charge in [0.1, 0.15) is 0 Å². The first kappa shape index (κ1) is 20.8. The molecule has 1 saturated carbocycles. The van der Waals surface area contributed by atoms with Gasteiger partial charge in [-0.2, -0.15) is 0 Å². The van der Waals surface area contributed by atoms with E-state index in [4.69, 9.17) is 12.2 Å². The minimum atomic E-state index is -0.530. The van der Waals surface area contributed by atoms with Gasteiger partial charge in [0.25, 0.3) is 0 Å². The lowest BCUT2D eigenvalue weighted by Crippen LogP contribution is -2.40. The van der Waals surface area contributed by atoms with Crippen LogP contribution in [-0.2, 0) is 0 Å². The molecule has 7 heteroatoms. The molecule has 0 bridgehead atoms. The molecule has 0 radical (unpaired) electrons. The molecule has 1 aliphatic carbocycles. The molecule has 1 saturated heterocycles. The van der Waals surface area contributed by atoms with Gasteiger partial charge >= 0.3 is 0 Å². The maximum atomic E-state index is 5.24. The Labute approximate surface area is 185 Å².